The highest BCUT2D eigenvalue weighted by Crippen LogP contribution is 2.45. The molecule has 6 atom stereocenters. The Morgan fingerprint density at radius 2 is 0.567 bits per heavy atom. The van der Waals surface area contributed by atoms with Crippen LogP contribution in [0.4, 0.5) is 0 Å². The molecule has 0 aliphatic heterocycles. The molecule has 0 radical (unpaired) electrons. The first kappa shape index (κ1) is 88.1. The van der Waals surface area contributed by atoms with E-state index in [0.717, 1.165) is 108 Å². The molecule has 19 heteroatoms. The lowest BCUT2D eigenvalue weighted by atomic mass is 10.00. The van der Waals surface area contributed by atoms with E-state index >= 15 is 0 Å². The molecule has 0 heterocycles. The number of ether oxygens (including phenoxy) is 4. The minimum atomic E-state index is -4.95. The second-order valence-corrected chi connectivity index (χ2v) is 29.7. The lowest BCUT2D eigenvalue weighted by Gasteiger charge is -2.21. The third-order valence-electron chi connectivity index (χ3n) is 16.7. The van der Waals surface area contributed by atoms with Crippen molar-refractivity contribution in [1.29, 1.82) is 0 Å². The number of carbonyl (C=O) groups excluding carboxylic acids is 4. The molecule has 0 spiro atoms. The van der Waals surface area contributed by atoms with Crippen molar-refractivity contribution >= 4 is 39.5 Å². The van der Waals surface area contributed by atoms with Gasteiger partial charge in [0, 0.05) is 25.7 Å². The predicted molar refractivity (Wildman–Crippen MR) is 363 cm³/mol. The Balaban J connectivity index is 5.24. The van der Waals surface area contributed by atoms with Crippen molar-refractivity contribution in [2.45, 2.75) is 375 Å². The summed E-state index contributed by atoms with van der Waals surface area (Å²) in [4.78, 5) is 72.5. The number of hydrogen-bond acceptors (Lipinski definition) is 15. The third-order valence-corrected chi connectivity index (χ3v) is 18.6. The SMILES string of the molecule is CCCCCCCCCCCCCCCC(=O)OC[C@H](COP(=O)(O)OC[C@@H](O)COP(=O)(O)OC[C@@H](COC(=O)CCCCCCCCC(C)CC)OC(=O)CCCCCCCCCC(C)C)OC(=O)CCCCCCCCCCCCCCCCC(C)C. The average molecular weight is 1330 g/mol. The molecule has 0 aromatic rings. The summed E-state index contributed by atoms with van der Waals surface area (Å²) in [6, 6.07) is 0. The smallest absolute Gasteiger partial charge is 0.462 e. The van der Waals surface area contributed by atoms with Crippen molar-refractivity contribution in [3.05, 3.63) is 0 Å². The number of unbranched alkanes of at least 4 members (excludes halogenated alkanes) is 36. The largest absolute Gasteiger partial charge is 0.472 e. The molecule has 0 rings (SSSR count). The molecule has 0 fully saturated rings. The Hall–Kier alpha value is -1.94. The van der Waals surface area contributed by atoms with E-state index in [1.807, 2.05) is 0 Å². The summed E-state index contributed by atoms with van der Waals surface area (Å²) < 4.78 is 68.3. The Kier molecular flexibility index (Phi) is 60.6. The zero-order valence-corrected chi connectivity index (χ0v) is 60.4. The van der Waals surface area contributed by atoms with E-state index < -0.39 is 97.5 Å². The van der Waals surface area contributed by atoms with Crippen molar-refractivity contribution in [1.82, 2.24) is 0 Å². The van der Waals surface area contributed by atoms with Crippen LogP contribution in [0.5, 0.6) is 0 Å². The van der Waals surface area contributed by atoms with Gasteiger partial charge in [-0.3, -0.25) is 37.3 Å². The molecule has 0 aromatic heterocycles. The second kappa shape index (κ2) is 61.9. The van der Waals surface area contributed by atoms with Gasteiger partial charge in [0.15, 0.2) is 12.2 Å². The number of esters is 4. The highest BCUT2D eigenvalue weighted by Gasteiger charge is 2.30. The number of hydrogen-bond donors (Lipinski definition) is 3. The zero-order chi connectivity index (χ0) is 66.6. The third kappa shape index (κ3) is 63.5. The number of phosphoric ester groups is 2. The molecule has 0 saturated carbocycles. The van der Waals surface area contributed by atoms with E-state index in [1.165, 1.54) is 161 Å². The van der Waals surface area contributed by atoms with E-state index in [-0.39, 0.29) is 25.7 Å². The summed E-state index contributed by atoms with van der Waals surface area (Å²) in [6.45, 7) is 11.8. The standard InChI is InChI=1S/C71H138O17P2/c1-8-10-11-12-13-14-15-18-22-25-30-38-45-52-68(73)81-58-66(87-70(75)54-47-40-31-26-23-20-17-16-19-21-24-28-35-42-49-62(3)4)60-85-89(77,78)83-56-65(72)57-84-90(79,80)86-61-67(88-71(76)55-48-41-32-27-29-36-43-50-63(5)6)59-82-69(74)53-46-39-34-33-37-44-51-64(7)9-2/h62-67,72H,8-61H2,1-7H3,(H,77,78)(H,79,80)/t64?,65-,66-,67-/m1/s1. The normalized spacial score (nSPS) is 14.5. The topological polar surface area (TPSA) is 237 Å². The molecule has 0 saturated heterocycles. The number of phosphoric acid groups is 2. The molecule has 3 N–H and O–H groups in total. The first-order valence-corrected chi connectivity index (χ1v) is 39.9. The van der Waals surface area contributed by atoms with E-state index in [9.17, 15) is 43.2 Å². The molecule has 3 unspecified atom stereocenters. The maximum absolute atomic E-state index is 13.0. The Morgan fingerprint density at radius 3 is 0.844 bits per heavy atom. The van der Waals surface area contributed by atoms with Gasteiger partial charge in [0.05, 0.1) is 26.4 Å². The van der Waals surface area contributed by atoms with Crippen LogP contribution in [-0.2, 0) is 65.4 Å². The van der Waals surface area contributed by atoms with Crippen LogP contribution < -0.4 is 0 Å². The molecule has 0 amide bonds. The summed E-state index contributed by atoms with van der Waals surface area (Å²) in [6.07, 6.45) is 45.9. The van der Waals surface area contributed by atoms with Gasteiger partial charge >= 0.3 is 39.5 Å². The molecular weight excluding hydrogens is 1190 g/mol. The minimum Gasteiger partial charge on any atom is -0.462 e. The van der Waals surface area contributed by atoms with Crippen LogP contribution in [0, 0.1) is 17.8 Å². The highest BCUT2D eigenvalue weighted by atomic mass is 31.2. The fourth-order valence-electron chi connectivity index (χ4n) is 10.7. The average Bonchev–Trinajstić information content (AvgIpc) is 3.69. The van der Waals surface area contributed by atoms with Gasteiger partial charge in [-0.2, -0.15) is 0 Å². The van der Waals surface area contributed by atoms with Gasteiger partial charge in [-0.25, -0.2) is 9.13 Å². The first-order chi connectivity index (χ1) is 43.3. The van der Waals surface area contributed by atoms with Crippen molar-refractivity contribution < 1.29 is 80.2 Å². The Bertz CT molecular complexity index is 1770. The number of carbonyl (C=O) groups is 4. The second-order valence-electron chi connectivity index (χ2n) is 26.8. The molecule has 17 nitrogen and oxygen atoms in total. The highest BCUT2D eigenvalue weighted by molar-refractivity contribution is 7.47. The van der Waals surface area contributed by atoms with Gasteiger partial charge in [-0.15, -0.1) is 0 Å². The van der Waals surface area contributed by atoms with Gasteiger partial charge in [0.2, 0.25) is 0 Å². The van der Waals surface area contributed by atoms with Crippen molar-refractivity contribution in [3.8, 4) is 0 Å². The summed E-state index contributed by atoms with van der Waals surface area (Å²) in [7, 11) is -9.90. The fraction of sp³-hybridized carbons (Fsp3) is 0.944. The Labute approximate surface area is 549 Å². The van der Waals surface area contributed by atoms with E-state index in [1.54, 1.807) is 0 Å². The first-order valence-electron chi connectivity index (χ1n) is 36.9. The van der Waals surface area contributed by atoms with Gasteiger partial charge in [0.25, 0.3) is 0 Å². The lowest BCUT2D eigenvalue weighted by molar-refractivity contribution is -0.161. The monoisotopic (exact) mass is 1320 g/mol. The van der Waals surface area contributed by atoms with Crippen molar-refractivity contribution in [2.75, 3.05) is 39.6 Å². The van der Waals surface area contributed by atoms with E-state index in [0.29, 0.717) is 31.6 Å². The van der Waals surface area contributed by atoms with Crippen molar-refractivity contribution in [3.63, 3.8) is 0 Å². The molecular formula is C71H138O17P2. The zero-order valence-electron chi connectivity index (χ0n) is 58.6. The lowest BCUT2D eigenvalue weighted by Crippen LogP contribution is -2.30. The minimum absolute atomic E-state index is 0.102. The Morgan fingerprint density at radius 1 is 0.322 bits per heavy atom. The van der Waals surface area contributed by atoms with Gasteiger partial charge in [-0.05, 0) is 43.4 Å². The number of aliphatic hydroxyl groups excluding tert-OH is 1. The van der Waals surface area contributed by atoms with Crippen LogP contribution in [0.3, 0.4) is 0 Å². The van der Waals surface area contributed by atoms with Gasteiger partial charge in [0.1, 0.15) is 19.3 Å². The van der Waals surface area contributed by atoms with Crippen LogP contribution in [0.25, 0.3) is 0 Å². The fourth-order valence-corrected chi connectivity index (χ4v) is 12.3. The summed E-state index contributed by atoms with van der Waals surface area (Å²) in [5, 5.41) is 10.6. The molecule has 90 heavy (non-hydrogen) atoms. The maximum atomic E-state index is 13.0. The van der Waals surface area contributed by atoms with E-state index in [2.05, 4.69) is 48.5 Å². The number of rotatable bonds is 69. The summed E-state index contributed by atoms with van der Waals surface area (Å²) in [5.41, 5.74) is 0. The molecule has 534 valence electrons. The number of aliphatic hydroxyl groups is 1. The van der Waals surface area contributed by atoms with E-state index in [4.69, 9.17) is 37.0 Å². The maximum Gasteiger partial charge on any atom is 0.472 e. The molecule has 0 aliphatic carbocycles. The van der Waals surface area contributed by atoms with Crippen molar-refractivity contribution in [2.24, 2.45) is 17.8 Å². The predicted octanol–water partition coefficient (Wildman–Crippen LogP) is 20.2. The van der Waals surface area contributed by atoms with Gasteiger partial charge in [-0.1, -0.05) is 305 Å². The van der Waals surface area contributed by atoms with Crippen LogP contribution in [0.15, 0.2) is 0 Å². The summed E-state index contributed by atoms with van der Waals surface area (Å²) in [5.74, 6) is 0.0946. The van der Waals surface area contributed by atoms with Crippen LogP contribution in [-0.4, -0.2) is 96.7 Å². The van der Waals surface area contributed by atoms with Crippen LogP contribution in [0.1, 0.15) is 357 Å². The quantitative estimate of drug-likeness (QED) is 0.0222. The van der Waals surface area contributed by atoms with Gasteiger partial charge < -0.3 is 33.8 Å². The summed E-state index contributed by atoms with van der Waals surface area (Å²) >= 11 is 0. The molecule has 0 aromatic carbocycles. The molecule has 0 aliphatic rings. The van der Waals surface area contributed by atoms with Crippen LogP contribution >= 0.6 is 15.6 Å². The molecule has 0 bridgehead atoms. The van der Waals surface area contributed by atoms with Crippen LogP contribution in [0.2, 0.25) is 0 Å².